The number of aryl methyl sites for hydroxylation is 1. The van der Waals surface area contributed by atoms with Crippen molar-refractivity contribution in [2.75, 3.05) is 0 Å². The number of nitrogens with zero attached hydrogens (tertiary/aromatic N) is 3. The second kappa shape index (κ2) is 4.65. The van der Waals surface area contributed by atoms with Crippen LogP contribution in [0.5, 0.6) is 5.75 Å². The Kier molecular flexibility index (Phi) is 3.04. The molecule has 6 heteroatoms. The fraction of sp³-hybridized carbons (Fsp3) is 0.182. The Hall–Kier alpha value is -2.37. The molecule has 1 amide bonds. The van der Waals surface area contributed by atoms with E-state index < -0.39 is 5.91 Å². The molecule has 0 saturated carbocycles. The average molecular weight is 232 g/mol. The molecule has 0 spiro atoms. The Morgan fingerprint density at radius 1 is 1.59 bits per heavy atom. The number of imidazole rings is 1. The third kappa shape index (κ3) is 2.41. The molecule has 6 nitrogen and oxygen atoms in total. The van der Waals surface area contributed by atoms with E-state index in [0.717, 1.165) is 5.69 Å². The van der Waals surface area contributed by atoms with E-state index in [2.05, 4.69) is 15.3 Å². The molecule has 2 heterocycles. The maximum atomic E-state index is 11.7. The molecule has 0 saturated heterocycles. The first-order valence-corrected chi connectivity index (χ1v) is 5.06. The number of nitrogens with one attached hydrogen (secondary N) is 1. The van der Waals surface area contributed by atoms with Gasteiger partial charge in [0.25, 0.3) is 5.91 Å². The van der Waals surface area contributed by atoms with Crippen molar-refractivity contribution < 1.29 is 9.90 Å². The van der Waals surface area contributed by atoms with Crippen LogP contribution in [0.15, 0.2) is 30.9 Å². The number of hydrogen-bond donors (Lipinski definition) is 2. The van der Waals surface area contributed by atoms with Crippen molar-refractivity contribution in [3.63, 3.8) is 0 Å². The monoisotopic (exact) mass is 232 g/mol. The summed E-state index contributed by atoms with van der Waals surface area (Å²) in [6.45, 7) is 0.339. The topological polar surface area (TPSA) is 80.0 Å². The molecule has 0 aliphatic heterocycles. The fourth-order valence-electron chi connectivity index (χ4n) is 1.38. The molecule has 0 atom stereocenters. The van der Waals surface area contributed by atoms with Crippen molar-refractivity contribution in [3.05, 3.63) is 42.2 Å². The lowest BCUT2D eigenvalue weighted by atomic mass is 10.3. The lowest BCUT2D eigenvalue weighted by Crippen LogP contribution is -2.24. The van der Waals surface area contributed by atoms with Gasteiger partial charge in [0.1, 0.15) is 5.75 Å². The fourth-order valence-corrected chi connectivity index (χ4v) is 1.38. The van der Waals surface area contributed by atoms with Gasteiger partial charge >= 0.3 is 0 Å². The van der Waals surface area contributed by atoms with E-state index in [-0.39, 0.29) is 11.4 Å². The summed E-state index contributed by atoms with van der Waals surface area (Å²) in [5, 5.41) is 12.1. The van der Waals surface area contributed by atoms with Gasteiger partial charge in [0, 0.05) is 19.4 Å². The summed E-state index contributed by atoms with van der Waals surface area (Å²) in [5.41, 5.74) is 0.892. The van der Waals surface area contributed by atoms with Crippen molar-refractivity contribution in [1.29, 1.82) is 0 Å². The van der Waals surface area contributed by atoms with Gasteiger partial charge in [-0.1, -0.05) is 0 Å². The molecule has 0 aliphatic carbocycles. The third-order valence-electron chi connectivity index (χ3n) is 2.35. The zero-order valence-corrected chi connectivity index (χ0v) is 9.29. The Balaban J connectivity index is 2.04. The van der Waals surface area contributed by atoms with Crippen molar-refractivity contribution in [2.24, 2.45) is 7.05 Å². The molecular formula is C11H12N4O2. The quantitative estimate of drug-likeness (QED) is 0.805. The van der Waals surface area contributed by atoms with Crippen LogP contribution >= 0.6 is 0 Å². The van der Waals surface area contributed by atoms with Crippen molar-refractivity contribution in [3.8, 4) is 5.75 Å². The molecule has 2 aromatic heterocycles. The predicted molar refractivity (Wildman–Crippen MR) is 60.3 cm³/mol. The molecule has 88 valence electrons. The molecule has 2 aromatic rings. The summed E-state index contributed by atoms with van der Waals surface area (Å²) < 4.78 is 1.80. The van der Waals surface area contributed by atoms with Crippen LogP contribution < -0.4 is 5.32 Å². The van der Waals surface area contributed by atoms with Gasteiger partial charge in [-0.05, 0) is 12.1 Å². The molecule has 2 rings (SSSR count). The Morgan fingerprint density at radius 2 is 2.41 bits per heavy atom. The van der Waals surface area contributed by atoms with Gasteiger partial charge in [-0.15, -0.1) is 0 Å². The Labute approximate surface area is 97.9 Å². The van der Waals surface area contributed by atoms with Crippen molar-refractivity contribution in [2.45, 2.75) is 6.54 Å². The van der Waals surface area contributed by atoms with Crippen LogP contribution in [0.3, 0.4) is 0 Å². The number of amides is 1. The highest BCUT2D eigenvalue weighted by molar-refractivity contribution is 5.94. The van der Waals surface area contributed by atoms with Crippen molar-refractivity contribution >= 4 is 5.91 Å². The van der Waals surface area contributed by atoms with Crippen LogP contribution in [-0.4, -0.2) is 25.5 Å². The predicted octanol–water partition coefficient (Wildman–Crippen LogP) is 0.451. The van der Waals surface area contributed by atoms with Crippen LogP contribution in [0.25, 0.3) is 0 Å². The molecule has 0 unspecified atom stereocenters. The molecule has 0 radical (unpaired) electrons. The SMILES string of the molecule is Cn1cncc1CNC(=O)c1ncccc1O. The van der Waals surface area contributed by atoms with Gasteiger partial charge < -0.3 is 15.0 Å². The van der Waals surface area contributed by atoms with Gasteiger partial charge in [-0.3, -0.25) is 4.79 Å². The highest BCUT2D eigenvalue weighted by atomic mass is 16.3. The molecular weight excluding hydrogens is 220 g/mol. The smallest absolute Gasteiger partial charge is 0.274 e. The molecule has 2 N–H and O–H groups in total. The first-order chi connectivity index (χ1) is 8.18. The minimum absolute atomic E-state index is 0.0228. The van der Waals surface area contributed by atoms with E-state index in [0.29, 0.717) is 6.54 Å². The van der Waals surface area contributed by atoms with E-state index >= 15 is 0 Å². The zero-order valence-electron chi connectivity index (χ0n) is 9.29. The first kappa shape index (κ1) is 11.1. The number of hydrogen-bond acceptors (Lipinski definition) is 4. The third-order valence-corrected chi connectivity index (χ3v) is 2.35. The number of pyridine rings is 1. The van der Waals surface area contributed by atoms with E-state index in [1.807, 2.05) is 7.05 Å². The highest BCUT2D eigenvalue weighted by Gasteiger charge is 2.11. The maximum absolute atomic E-state index is 11.7. The van der Waals surface area contributed by atoms with Crippen LogP contribution in [0.2, 0.25) is 0 Å². The minimum atomic E-state index is -0.413. The summed E-state index contributed by atoms with van der Waals surface area (Å²) in [6.07, 6.45) is 4.77. The van der Waals surface area contributed by atoms with E-state index in [4.69, 9.17) is 0 Å². The van der Waals surface area contributed by atoms with Crippen molar-refractivity contribution in [1.82, 2.24) is 19.9 Å². The number of carbonyl (C=O) groups is 1. The number of rotatable bonds is 3. The van der Waals surface area contributed by atoms with Gasteiger partial charge in [0.15, 0.2) is 5.69 Å². The van der Waals surface area contributed by atoms with Crippen LogP contribution in [0.1, 0.15) is 16.2 Å². The minimum Gasteiger partial charge on any atom is -0.505 e. The summed E-state index contributed by atoms with van der Waals surface area (Å²) in [5.74, 6) is -0.542. The Bertz CT molecular complexity index is 536. The summed E-state index contributed by atoms with van der Waals surface area (Å²) in [6, 6.07) is 2.99. The van der Waals surface area contributed by atoms with E-state index in [9.17, 15) is 9.90 Å². The second-order valence-electron chi connectivity index (χ2n) is 3.55. The van der Waals surface area contributed by atoms with Gasteiger partial charge in [0.05, 0.1) is 18.6 Å². The number of carbonyl (C=O) groups excluding carboxylic acids is 1. The largest absolute Gasteiger partial charge is 0.505 e. The molecule has 0 aromatic carbocycles. The highest BCUT2D eigenvalue weighted by Crippen LogP contribution is 2.12. The summed E-state index contributed by atoms with van der Waals surface area (Å²) in [4.78, 5) is 19.5. The molecule has 17 heavy (non-hydrogen) atoms. The summed E-state index contributed by atoms with van der Waals surface area (Å²) >= 11 is 0. The number of aromatic nitrogens is 3. The lowest BCUT2D eigenvalue weighted by molar-refractivity contribution is 0.0942. The molecule has 0 fully saturated rings. The second-order valence-corrected chi connectivity index (χ2v) is 3.55. The van der Waals surface area contributed by atoms with Crippen LogP contribution in [0.4, 0.5) is 0 Å². The standard InChI is InChI=1S/C11H12N4O2/c1-15-7-12-5-8(15)6-14-11(17)10-9(16)3-2-4-13-10/h2-5,7,16H,6H2,1H3,(H,14,17). The van der Waals surface area contributed by atoms with Crippen LogP contribution in [-0.2, 0) is 13.6 Å². The van der Waals surface area contributed by atoms with Gasteiger partial charge in [-0.25, -0.2) is 9.97 Å². The first-order valence-electron chi connectivity index (χ1n) is 5.06. The van der Waals surface area contributed by atoms with Crippen LogP contribution in [0, 0.1) is 0 Å². The average Bonchev–Trinajstić information content (AvgIpc) is 2.72. The normalized spacial score (nSPS) is 10.2. The van der Waals surface area contributed by atoms with Gasteiger partial charge in [-0.2, -0.15) is 0 Å². The molecule has 0 aliphatic rings. The van der Waals surface area contributed by atoms with E-state index in [1.54, 1.807) is 23.2 Å². The Morgan fingerprint density at radius 3 is 3.06 bits per heavy atom. The van der Waals surface area contributed by atoms with Gasteiger partial charge in [0.2, 0.25) is 0 Å². The lowest BCUT2D eigenvalue weighted by Gasteiger charge is -2.06. The summed E-state index contributed by atoms with van der Waals surface area (Å²) in [7, 11) is 1.84. The zero-order chi connectivity index (χ0) is 12.3. The number of aromatic hydroxyl groups is 1. The van der Waals surface area contributed by atoms with E-state index in [1.165, 1.54) is 12.3 Å². The maximum Gasteiger partial charge on any atom is 0.274 e. The molecule has 0 bridgehead atoms.